The van der Waals surface area contributed by atoms with E-state index in [9.17, 15) is 4.79 Å². The number of aromatic nitrogens is 2. The number of aromatic amines is 1. The minimum absolute atomic E-state index is 0.00382. The minimum atomic E-state index is -0.161. The molecule has 3 aromatic rings. The summed E-state index contributed by atoms with van der Waals surface area (Å²) in [6, 6.07) is 18.4. The Hall–Kier alpha value is -2.57. The van der Waals surface area contributed by atoms with Gasteiger partial charge in [0.2, 0.25) is 0 Å². The Kier molecular flexibility index (Phi) is 4.89. The van der Waals surface area contributed by atoms with E-state index in [1.165, 1.54) is 4.90 Å². The maximum absolute atomic E-state index is 13.3. The van der Waals surface area contributed by atoms with Gasteiger partial charge in [-0.25, -0.2) is 0 Å². The Morgan fingerprint density at radius 1 is 1.17 bits per heavy atom. The van der Waals surface area contributed by atoms with Crippen LogP contribution in [-0.4, -0.2) is 46.5 Å². The first-order chi connectivity index (χ1) is 14.3. The first-order valence-electron chi connectivity index (χ1n) is 9.96. The molecule has 2 aromatic carbocycles. The van der Waals surface area contributed by atoms with Crippen molar-refractivity contribution in [3.8, 4) is 11.3 Å². The second kappa shape index (κ2) is 7.69. The molecule has 2 aliphatic rings. The van der Waals surface area contributed by atoms with Gasteiger partial charge in [0.15, 0.2) is 0 Å². The third kappa shape index (κ3) is 3.26. The summed E-state index contributed by atoms with van der Waals surface area (Å²) in [6.07, 6.45) is 4.23. The SMILES string of the molecule is CSc1ccc(C2c3c(-c4ccccc4)n[nH]c3C(=O)N2CC2CCCO2)cc1. The Labute approximate surface area is 174 Å². The number of rotatable bonds is 5. The molecule has 0 spiro atoms. The molecule has 6 heteroatoms. The first kappa shape index (κ1) is 18.5. The maximum Gasteiger partial charge on any atom is 0.273 e. The number of hydrogen-bond donors (Lipinski definition) is 1. The van der Waals surface area contributed by atoms with Crippen LogP contribution < -0.4 is 0 Å². The molecule has 3 heterocycles. The zero-order valence-corrected chi connectivity index (χ0v) is 17.1. The van der Waals surface area contributed by atoms with Crippen LogP contribution in [0.4, 0.5) is 0 Å². The van der Waals surface area contributed by atoms with Gasteiger partial charge in [0.05, 0.1) is 17.8 Å². The third-order valence-corrected chi connectivity index (χ3v) is 6.51. The number of thioether (sulfide) groups is 1. The summed E-state index contributed by atoms with van der Waals surface area (Å²) < 4.78 is 5.85. The molecule has 0 bridgehead atoms. The van der Waals surface area contributed by atoms with Crippen LogP contribution in [0.3, 0.4) is 0 Å². The number of fused-ring (bicyclic) bond motifs is 1. The van der Waals surface area contributed by atoms with E-state index < -0.39 is 0 Å². The lowest BCUT2D eigenvalue weighted by Crippen LogP contribution is -2.36. The summed E-state index contributed by atoms with van der Waals surface area (Å²) in [6.45, 7) is 1.38. The molecule has 5 rings (SSSR count). The number of amides is 1. The zero-order chi connectivity index (χ0) is 19.8. The highest BCUT2D eigenvalue weighted by Gasteiger charge is 2.43. The number of hydrogen-bond acceptors (Lipinski definition) is 4. The van der Waals surface area contributed by atoms with Crippen molar-refractivity contribution in [3.05, 3.63) is 71.4 Å². The molecule has 1 saturated heterocycles. The van der Waals surface area contributed by atoms with Crippen molar-refractivity contribution >= 4 is 17.7 Å². The van der Waals surface area contributed by atoms with Gasteiger partial charge in [-0.05, 0) is 36.8 Å². The molecule has 5 nitrogen and oxygen atoms in total. The van der Waals surface area contributed by atoms with Crippen LogP contribution in [0.15, 0.2) is 59.5 Å². The molecule has 2 atom stereocenters. The van der Waals surface area contributed by atoms with E-state index in [0.717, 1.165) is 41.8 Å². The zero-order valence-electron chi connectivity index (χ0n) is 16.3. The monoisotopic (exact) mass is 405 g/mol. The molecular formula is C23H23N3O2S. The van der Waals surface area contributed by atoms with Crippen molar-refractivity contribution in [2.24, 2.45) is 0 Å². The van der Waals surface area contributed by atoms with E-state index in [1.54, 1.807) is 11.8 Å². The fourth-order valence-corrected chi connectivity index (χ4v) is 4.75. The fourth-order valence-electron chi connectivity index (χ4n) is 4.34. The topological polar surface area (TPSA) is 58.2 Å². The smallest absolute Gasteiger partial charge is 0.273 e. The molecule has 29 heavy (non-hydrogen) atoms. The van der Waals surface area contributed by atoms with Gasteiger partial charge in [-0.15, -0.1) is 11.8 Å². The summed E-state index contributed by atoms with van der Waals surface area (Å²) in [5, 5.41) is 7.55. The lowest BCUT2D eigenvalue weighted by molar-refractivity contribution is 0.0495. The number of carbonyl (C=O) groups excluding carboxylic acids is 1. The van der Waals surface area contributed by atoms with E-state index in [4.69, 9.17) is 4.74 Å². The Morgan fingerprint density at radius 2 is 1.97 bits per heavy atom. The predicted octanol–water partition coefficient (Wildman–Crippen LogP) is 4.52. The standard InChI is InChI=1S/C23H23N3O2S/c1-29-18-11-9-16(10-12-18)22-19-20(15-6-3-2-4-7-15)24-25-21(19)23(27)26(22)14-17-8-5-13-28-17/h2-4,6-7,9-12,17,22H,5,8,13-14H2,1H3,(H,24,25). The summed E-state index contributed by atoms with van der Waals surface area (Å²) in [5.74, 6) is 0.00382. The van der Waals surface area contributed by atoms with Gasteiger partial charge in [-0.1, -0.05) is 42.5 Å². The number of benzene rings is 2. The van der Waals surface area contributed by atoms with Crippen molar-refractivity contribution in [1.29, 1.82) is 0 Å². The second-order valence-electron chi connectivity index (χ2n) is 7.50. The summed E-state index contributed by atoms with van der Waals surface area (Å²) in [5.41, 5.74) is 4.54. The van der Waals surface area contributed by atoms with Crippen molar-refractivity contribution in [2.45, 2.75) is 29.9 Å². The highest BCUT2D eigenvalue weighted by molar-refractivity contribution is 7.98. The van der Waals surface area contributed by atoms with E-state index >= 15 is 0 Å². The van der Waals surface area contributed by atoms with Crippen LogP contribution in [-0.2, 0) is 4.74 Å². The van der Waals surface area contributed by atoms with Gasteiger partial charge in [-0.3, -0.25) is 9.89 Å². The summed E-state index contributed by atoms with van der Waals surface area (Å²) in [7, 11) is 0. The van der Waals surface area contributed by atoms with Gasteiger partial charge in [0.25, 0.3) is 5.91 Å². The van der Waals surface area contributed by atoms with Crippen molar-refractivity contribution < 1.29 is 9.53 Å². The van der Waals surface area contributed by atoms with Crippen molar-refractivity contribution in [1.82, 2.24) is 15.1 Å². The van der Waals surface area contributed by atoms with Crippen LogP contribution in [0.1, 0.15) is 40.5 Å². The van der Waals surface area contributed by atoms with Crippen LogP contribution in [0.5, 0.6) is 0 Å². The second-order valence-corrected chi connectivity index (χ2v) is 8.37. The number of nitrogens with zero attached hydrogens (tertiary/aromatic N) is 2. The minimum Gasteiger partial charge on any atom is -0.376 e. The average Bonchev–Trinajstić information content (AvgIpc) is 3.49. The Balaban J connectivity index is 1.60. The van der Waals surface area contributed by atoms with Crippen LogP contribution in [0, 0.1) is 0 Å². The molecule has 0 saturated carbocycles. The lowest BCUT2D eigenvalue weighted by atomic mass is 9.96. The van der Waals surface area contributed by atoms with Gasteiger partial charge < -0.3 is 9.64 Å². The maximum atomic E-state index is 13.3. The van der Waals surface area contributed by atoms with E-state index in [1.807, 2.05) is 35.2 Å². The molecule has 1 N–H and O–H groups in total. The Morgan fingerprint density at radius 3 is 2.66 bits per heavy atom. The Bertz CT molecular complexity index is 1010. The highest BCUT2D eigenvalue weighted by atomic mass is 32.2. The molecule has 2 aliphatic heterocycles. The number of H-pyrrole nitrogens is 1. The van der Waals surface area contributed by atoms with Gasteiger partial charge >= 0.3 is 0 Å². The van der Waals surface area contributed by atoms with Gasteiger partial charge in [-0.2, -0.15) is 5.10 Å². The average molecular weight is 406 g/mol. The molecule has 1 aromatic heterocycles. The van der Waals surface area contributed by atoms with Gasteiger partial charge in [0.1, 0.15) is 5.69 Å². The van der Waals surface area contributed by atoms with Crippen LogP contribution >= 0.6 is 11.8 Å². The molecule has 0 radical (unpaired) electrons. The van der Waals surface area contributed by atoms with E-state index in [2.05, 4.69) is 40.7 Å². The first-order valence-corrected chi connectivity index (χ1v) is 11.2. The van der Waals surface area contributed by atoms with E-state index in [0.29, 0.717) is 12.2 Å². The molecule has 1 amide bonds. The van der Waals surface area contributed by atoms with Crippen LogP contribution in [0.25, 0.3) is 11.3 Å². The van der Waals surface area contributed by atoms with Crippen molar-refractivity contribution in [3.63, 3.8) is 0 Å². The van der Waals surface area contributed by atoms with E-state index in [-0.39, 0.29) is 18.1 Å². The molecular weight excluding hydrogens is 382 g/mol. The normalized spacial score (nSPS) is 21.0. The molecule has 2 unspecified atom stereocenters. The molecule has 0 aliphatic carbocycles. The predicted molar refractivity (Wildman–Crippen MR) is 114 cm³/mol. The van der Waals surface area contributed by atoms with Gasteiger partial charge in [0, 0.05) is 29.2 Å². The largest absolute Gasteiger partial charge is 0.376 e. The van der Waals surface area contributed by atoms with Crippen molar-refractivity contribution in [2.75, 3.05) is 19.4 Å². The number of carbonyl (C=O) groups is 1. The number of ether oxygens (including phenoxy) is 1. The quantitative estimate of drug-likeness (QED) is 0.634. The highest BCUT2D eigenvalue weighted by Crippen LogP contribution is 2.43. The molecule has 1 fully saturated rings. The van der Waals surface area contributed by atoms with Crippen LogP contribution in [0.2, 0.25) is 0 Å². The lowest BCUT2D eigenvalue weighted by Gasteiger charge is -2.28. The third-order valence-electron chi connectivity index (χ3n) is 5.77. The summed E-state index contributed by atoms with van der Waals surface area (Å²) >= 11 is 1.72. The molecule has 148 valence electrons. The fraction of sp³-hybridized carbons (Fsp3) is 0.304. The number of nitrogens with one attached hydrogen (secondary N) is 1. The summed E-state index contributed by atoms with van der Waals surface area (Å²) in [4.78, 5) is 16.5.